The first-order valence-electron chi connectivity index (χ1n) is 6.69. The van der Waals surface area contributed by atoms with Gasteiger partial charge in [0.2, 0.25) is 0 Å². The van der Waals surface area contributed by atoms with E-state index in [0.29, 0.717) is 0 Å². The molecular formula is C15H19NO2. The predicted octanol–water partition coefficient (Wildman–Crippen LogP) is 1.87. The third-order valence-corrected chi connectivity index (χ3v) is 3.89. The van der Waals surface area contributed by atoms with Gasteiger partial charge in [-0.1, -0.05) is 18.2 Å². The summed E-state index contributed by atoms with van der Waals surface area (Å²) in [5.41, 5.74) is 3.90. The van der Waals surface area contributed by atoms with Crippen LogP contribution in [0.3, 0.4) is 0 Å². The summed E-state index contributed by atoms with van der Waals surface area (Å²) >= 11 is 0. The zero-order valence-corrected chi connectivity index (χ0v) is 10.5. The average Bonchev–Trinajstić information content (AvgIpc) is 2.70. The van der Waals surface area contributed by atoms with Crippen LogP contribution in [-0.4, -0.2) is 27.5 Å². The molecular weight excluding hydrogens is 226 g/mol. The van der Waals surface area contributed by atoms with Gasteiger partial charge in [0.05, 0.1) is 6.10 Å². The highest BCUT2D eigenvalue weighted by Crippen LogP contribution is 2.32. The number of nitrogens with zero attached hydrogens (tertiary/aromatic N) is 1. The second kappa shape index (κ2) is 4.75. The van der Waals surface area contributed by atoms with Crippen molar-refractivity contribution in [3.63, 3.8) is 0 Å². The second-order valence-electron chi connectivity index (χ2n) is 5.07. The Balaban J connectivity index is 2.15. The number of rotatable bonds is 3. The average molecular weight is 245 g/mol. The molecule has 1 aromatic carbocycles. The van der Waals surface area contributed by atoms with E-state index in [-0.39, 0.29) is 12.7 Å². The standard InChI is InChI=1S/C15H19NO2/c17-9-3-8-16-14-5-2-1-4-12(14)13-10-11(18)6-7-15(13)16/h1-2,4-5,11,17-18H,3,6-10H2. The van der Waals surface area contributed by atoms with Gasteiger partial charge in [-0.2, -0.15) is 0 Å². The van der Waals surface area contributed by atoms with Crippen LogP contribution in [0.4, 0.5) is 0 Å². The molecule has 1 unspecified atom stereocenters. The van der Waals surface area contributed by atoms with Crippen molar-refractivity contribution in [2.45, 2.75) is 38.3 Å². The number of aryl methyl sites for hydroxylation is 1. The van der Waals surface area contributed by atoms with E-state index in [2.05, 4.69) is 28.8 Å². The lowest BCUT2D eigenvalue weighted by molar-refractivity contribution is 0.157. The molecule has 0 amide bonds. The van der Waals surface area contributed by atoms with Crippen molar-refractivity contribution in [3.05, 3.63) is 35.5 Å². The summed E-state index contributed by atoms with van der Waals surface area (Å²) < 4.78 is 2.33. The molecule has 3 rings (SSSR count). The summed E-state index contributed by atoms with van der Waals surface area (Å²) in [6, 6.07) is 8.39. The summed E-state index contributed by atoms with van der Waals surface area (Å²) in [4.78, 5) is 0. The number of aromatic nitrogens is 1. The maximum Gasteiger partial charge on any atom is 0.0585 e. The molecule has 0 radical (unpaired) electrons. The van der Waals surface area contributed by atoms with Gasteiger partial charge in [-0.3, -0.25) is 0 Å². The molecule has 1 aromatic heterocycles. The number of aliphatic hydroxyl groups excluding tert-OH is 2. The molecule has 0 spiro atoms. The van der Waals surface area contributed by atoms with Crippen LogP contribution in [0.15, 0.2) is 24.3 Å². The SMILES string of the molecule is OCCCn1c2c(c3ccccc31)CC(O)CC2. The van der Waals surface area contributed by atoms with E-state index in [1.807, 2.05) is 0 Å². The number of fused-ring (bicyclic) bond motifs is 3. The highest BCUT2D eigenvalue weighted by molar-refractivity contribution is 5.86. The summed E-state index contributed by atoms with van der Waals surface area (Å²) in [5, 5.41) is 20.1. The van der Waals surface area contributed by atoms with Crippen LogP contribution in [0.25, 0.3) is 10.9 Å². The Labute approximate surface area is 107 Å². The fourth-order valence-corrected chi connectivity index (χ4v) is 3.07. The number of aliphatic hydroxyl groups is 2. The Bertz CT molecular complexity index is 559. The maximum absolute atomic E-state index is 9.85. The molecule has 1 heterocycles. The zero-order valence-electron chi connectivity index (χ0n) is 10.5. The zero-order chi connectivity index (χ0) is 12.5. The summed E-state index contributed by atoms with van der Waals surface area (Å²) in [7, 11) is 0. The fraction of sp³-hybridized carbons (Fsp3) is 0.467. The Morgan fingerprint density at radius 2 is 2.11 bits per heavy atom. The minimum absolute atomic E-state index is 0.199. The fourth-order valence-electron chi connectivity index (χ4n) is 3.07. The highest BCUT2D eigenvalue weighted by atomic mass is 16.3. The van der Waals surface area contributed by atoms with Gasteiger partial charge in [0.1, 0.15) is 0 Å². The minimum Gasteiger partial charge on any atom is -0.396 e. The van der Waals surface area contributed by atoms with Gasteiger partial charge in [-0.05, 0) is 30.9 Å². The molecule has 3 heteroatoms. The number of para-hydroxylation sites is 1. The molecule has 2 N–H and O–H groups in total. The Kier molecular flexibility index (Phi) is 3.10. The quantitative estimate of drug-likeness (QED) is 0.867. The van der Waals surface area contributed by atoms with Crippen LogP contribution >= 0.6 is 0 Å². The maximum atomic E-state index is 9.85. The molecule has 0 aliphatic heterocycles. The molecule has 1 aliphatic rings. The lowest BCUT2D eigenvalue weighted by atomic mass is 9.93. The number of benzene rings is 1. The van der Waals surface area contributed by atoms with Gasteiger partial charge < -0.3 is 14.8 Å². The lowest BCUT2D eigenvalue weighted by Crippen LogP contribution is -2.20. The molecule has 1 atom stereocenters. The summed E-state index contributed by atoms with van der Waals surface area (Å²) in [5.74, 6) is 0. The molecule has 0 bridgehead atoms. The van der Waals surface area contributed by atoms with Crippen molar-refractivity contribution in [2.75, 3.05) is 6.61 Å². The van der Waals surface area contributed by atoms with Crippen LogP contribution < -0.4 is 0 Å². The highest BCUT2D eigenvalue weighted by Gasteiger charge is 2.23. The number of hydrogen-bond donors (Lipinski definition) is 2. The van der Waals surface area contributed by atoms with Crippen LogP contribution in [-0.2, 0) is 19.4 Å². The third kappa shape index (κ3) is 1.84. The molecule has 2 aromatic rings. The van der Waals surface area contributed by atoms with Crippen LogP contribution in [0.5, 0.6) is 0 Å². The molecule has 18 heavy (non-hydrogen) atoms. The van der Waals surface area contributed by atoms with Gasteiger partial charge in [0.15, 0.2) is 0 Å². The molecule has 0 saturated carbocycles. The predicted molar refractivity (Wildman–Crippen MR) is 71.7 cm³/mol. The van der Waals surface area contributed by atoms with E-state index >= 15 is 0 Å². The van der Waals surface area contributed by atoms with Crippen molar-refractivity contribution in [3.8, 4) is 0 Å². The first kappa shape index (κ1) is 11.8. The third-order valence-electron chi connectivity index (χ3n) is 3.89. The smallest absolute Gasteiger partial charge is 0.0585 e. The van der Waals surface area contributed by atoms with Crippen molar-refractivity contribution in [1.82, 2.24) is 4.57 Å². The van der Waals surface area contributed by atoms with Gasteiger partial charge in [-0.25, -0.2) is 0 Å². The topological polar surface area (TPSA) is 45.4 Å². The monoisotopic (exact) mass is 245 g/mol. The first-order chi connectivity index (χ1) is 8.81. The first-order valence-corrected chi connectivity index (χ1v) is 6.69. The van der Waals surface area contributed by atoms with E-state index in [4.69, 9.17) is 5.11 Å². The summed E-state index contributed by atoms with van der Waals surface area (Å²) in [6.45, 7) is 1.09. The van der Waals surface area contributed by atoms with E-state index in [0.717, 1.165) is 32.2 Å². The Morgan fingerprint density at radius 3 is 2.94 bits per heavy atom. The van der Waals surface area contributed by atoms with Crippen molar-refractivity contribution >= 4 is 10.9 Å². The minimum atomic E-state index is -0.199. The molecule has 3 nitrogen and oxygen atoms in total. The van der Waals surface area contributed by atoms with Crippen LogP contribution in [0.1, 0.15) is 24.1 Å². The van der Waals surface area contributed by atoms with Crippen molar-refractivity contribution in [2.24, 2.45) is 0 Å². The van der Waals surface area contributed by atoms with E-state index in [1.165, 1.54) is 22.2 Å². The Morgan fingerprint density at radius 1 is 1.28 bits per heavy atom. The van der Waals surface area contributed by atoms with Gasteiger partial charge >= 0.3 is 0 Å². The van der Waals surface area contributed by atoms with Gasteiger partial charge in [0, 0.05) is 36.2 Å². The summed E-state index contributed by atoms with van der Waals surface area (Å²) in [6.07, 6.45) is 3.14. The second-order valence-corrected chi connectivity index (χ2v) is 5.07. The molecule has 96 valence electrons. The Hall–Kier alpha value is -1.32. The van der Waals surface area contributed by atoms with Crippen molar-refractivity contribution in [1.29, 1.82) is 0 Å². The van der Waals surface area contributed by atoms with Gasteiger partial charge in [0.25, 0.3) is 0 Å². The molecule has 0 saturated heterocycles. The number of hydrogen-bond acceptors (Lipinski definition) is 2. The van der Waals surface area contributed by atoms with Gasteiger partial charge in [-0.15, -0.1) is 0 Å². The molecule has 1 aliphatic carbocycles. The van der Waals surface area contributed by atoms with Crippen LogP contribution in [0.2, 0.25) is 0 Å². The van der Waals surface area contributed by atoms with E-state index in [9.17, 15) is 5.11 Å². The van der Waals surface area contributed by atoms with E-state index in [1.54, 1.807) is 0 Å². The lowest BCUT2D eigenvalue weighted by Gasteiger charge is -2.20. The normalized spacial score (nSPS) is 19.1. The molecule has 0 fully saturated rings. The largest absolute Gasteiger partial charge is 0.396 e. The van der Waals surface area contributed by atoms with E-state index < -0.39 is 0 Å². The van der Waals surface area contributed by atoms with Crippen molar-refractivity contribution < 1.29 is 10.2 Å². The van der Waals surface area contributed by atoms with Crippen LogP contribution in [0, 0.1) is 0 Å².